The molecule has 128 valence electrons. The fourth-order valence-electron chi connectivity index (χ4n) is 1.79. The molecule has 0 amide bonds. The first-order valence-corrected chi connectivity index (χ1v) is 8.34. The summed E-state index contributed by atoms with van der Waals surface area (Å²) in [6.07, 6.45) is 6.17. The first-order chi connectivity index (χ1) is 10.4. The van der Waals surface area contributed by atoms with Gasteiger partial charge >= 0.3 is 0 Å². The third kappa shape index (κ3) is 19.8. The van der Waals surface area contributed by atoms with E-state index in [2.05, 4.69) is 12.2 Å². The Hall–Kier alpha value is -0.200. The van der Waals surface area contributed by atoms with E-state index in [-0.39, 0.29) is 0 Å². The summed E-state index contributed by atoms with van der Waals surface area (Å²) in [5, 5.41) is 3.42. The smallest absolute Gasteiger partial charge is 0.0701 e. The maximum absolute atomic E-state index is 5.52. The van der Waals surface area contributed by atoms with E-state index in [0.717, 1.165) is 26.1 Å². The van der Waals surface area contributed by atoms with Gasteiger partial charge in [0.25, 0.3) is 0 Å². The van der Waals surface area contributed by atoms with Crippen molar-refractivity contribution in [2.24, 2.45) is 0 Å². The second-order valence-corrected chi connectivity index (χ2v) is 4.99. The van der Waals surface area contributed by atoms with Crippen molar-refractivity contribution in [3.63, 3.8) is 0 Å². The number of nitrogens with one attached hydrogen (secondary N) is 1. The predicted octanol–water partition coefficient (Wildman–Crippen LogP) is 2.24. The van der Waals surface area contributed by atoms with Crippen LogP contribution in [0.2, 0.25) is 0 Å². The molecule has 0 spiro atoms. The molecule has 0 aliphatic rings. The lowest BCUT2D eigenvalue weighted by Crippen LogP contribution is -2.15. The maximum Gasteiger partial charge on any atom is 0.0701 e. The number of hydrogen-bond acceptors (Lipinski definition) is 5. The Balaban J connectivity index is 2.90. The summed E-state index contributed by atoms with van der Waals surface area (Å²) in [5.41, 5.74) is 0. The van der Waals surface area contributed by atoms with E-state index in [1.807, 2.05) is 0 Å². The standard InChI is InChI=1S/C16H35NO4/c1-3-8-17-9-6-4-5-7-10-19-13-14-21-16-15-20-12-11-18-2/h17H,3-16H2,1-2H3. The van der Waals surface area contributed by atoms with Crippen LogP contribution in [0.4, 0.5) is 0 Å². The van der Waals surface area contributed by atoms with Crippen molar-refractivity contribution in [3.8, 4) is 0 Å². The summed E-state index contributed by atoms with van der Waals surface area (Å²) in [4.78, 5) is 0. The van der Waals surface area contributed by atoms with Gasteiger partial charge in [0.15, 0.2) is 0 Å². The quantitative estimate of drug-likeness (QED) is 0.394. The Labute approximate surface area is 130 Å². The molecular weight excluding hydrogens is 270 g/mol. The Bertz CT molecular complexity index is 164. The topological polar surface area (TPSA) is 49.0 Å². The van der Waals surface area contributed by atoms with Gasteiger partial charge in [-0.3, -0.25) is 0 Å². The summed E-state index contributed by atoms with van der Waals surface area (Å²) in [5.74, 6) is 0. The Morgan fingerprint density at radius 1 is 0.619 bits per heavy atom. The minimum absolute atomic E-state index is 0.620. The molecule has 0 bridgehead atoms. The lowest BCUT2D eigenvalue weighted by molar-refractivity contribution is 0.00324. The van der Waals surface area contributed by atoms with Crippen LogP contribution >= 0.6 is 0 Å². The summed E-state index contributed by atoms with van der Waals surface area (Å²) < 4.78 is 21.1. The number of hydrogen-bond donors (Lipinski definition) is 1. The van der Waals surface area contributed by atoms with Crippen molar-refractivity contribution < 1.29 is 18.9 Å². The molecular formula is C16H35NO4. The van der Waals surface area contributed by atoms with Crippen LogP contribution in [0.3, 0.4) is 0 Å². The van der Waals surface area contributed by atoms with Crippen LogP contribution in [0.15, 0.2) is 0 Å². The van der Waals surface area contributed by atoms with Gasteiger partial charge in [0, 0.05) is 13.7 Å². The van der Waals surface area contributed by atoms with Gasteiger partial charge in [-0.25, -0.2) is 0 Å². The van der Waals surface area contributed by atoms with Crippen LogP contribution < -0.4 is 5.32 Å². The van der Waals surface area contributed by atoms with Gasteiger partial charge in [0.05, 0.1) is 39.6 Å². The lowest BCUT2D eigenvalue weighted by atomic mass is 10.2. The van der Waals surface area contributed by atoms with E-state index in [1.165, 1.54) is 25.7 Å². The van der Waals surface area contributed by atoms with E-state index < -0.39 is 0 Å². The zero-order valence-corrected chi connectivity index (χ0v) is 14.0. The maximum atomic E-state index is 5.52. The fourth-order valence-corrected chi connectivity index (χ4v) is 1.79. The van der Waals surface area contributed by atoms with Crippen LogP contribution in [-0.4, -0.2) is 66.4 Å². The third-order valence-corrected chi connectivity index (χ3v) is 2.99. The highest BCUT2D eigenvalue weighted by molar-refractivity contribution is 4.48. The minimum atomic E-state index is 0.620. The number of unbranched alkanes of at least 4 members (excludes halogenated alkanes) is 3. The van der Waals surface area contributed by atoms with E-state index in [0.29, 0.717) is 39.6 Å². The lowest BCUT2D eigenvalue weighted by Gasteiger charge is -2.07. The van der Waals surface area contributed by atoms with Gasteiger partial charge in [0.2, 0.25) is 0 Å². The molecule has 0 aliphatic carbocycles. The van der Waals surface area contributed by atoms with Crippen LogP contribution in [0.1, 0.15) is 39.0 Å². The van der Waals surface area contributed by atoms with E-state index in [9.17, 15) is 0 Å². The molecule has 0 rings (SSSR count). The number of ether oxygens (including phenoxy) is 4. The molecule has 21 heavy (non-hydrogen) atoms. The molecule has 0 saturated carbocycles. The molecule has 5 nitrogen and oxygen atoms in total. The van der Waals surface area contributed by atoms with E-state index in [4.69, 9.17) is 18.9 Å². The van der Waals surface area contributed by atoms with Crippen molar-refractivity contribution in [3.05, 3.63) is 0 Å². The van der Waals surface area contributed by atoms with Crippen molar-refractivity contribution in [1.29, 1.82) is 0 Å². The average molecular weight is 305 g/mol. The monoisotopic (exact) mass is 305 g/mol. The van der Waals surface area contributed by atoms with Crippen LogP contribution in [-0.2, 0) is 18.9 Å². The van der Waals surface area contributed by atoms with Crippen molar-refractivity contribution in [1.82, 2.24) is 5.32 Å². The number of methoxy groups -OCH3 is 1. The first-order valence-electron chi connectivity index (χ1n) is 8.34. The predicted molar refractivity (Wildman–Crippen MR) is 86.0 cm³/mol. The van der Waals surface area contributed by atoms with E-state index in [1.54, 1.807) is 7.11 Å². The van der Waals surface area contributed by atoms with Gasteiger partial charge in [-0.05, 0) is 32.4 Å². The van der Waals surface area contributed by atoms with Gasteiger partial charge in [0.1, 0.15) is 0 Å². The van der Waals surface area contributed by atoms with Crippen LogP contribution in [0.25, 0.3) is 0 Å². The Morgan fingerprint density at radius 2 is 1.19 bits per heavy atom. The second kappa shape index (κ2) is 19.8. The van der Waals surface area contributed by atoms with Crippen molar-refractivity contribution in [2.45, 2.75) is 39.0 Å². The Morgan fingerprint density at radius 3 is 1.81 bits per heavy atom. The molecule has 0 aromatic carbocycles. The fraction of sp³-hybridized carbons (Fsp3) is 1.00. The van der Waals surface area contributed by atoms with Crippen LogP contribution in [0, 0.1) is 0 Å². The molecule has 0 atom stereocenters. The molecule has 0 heterocycles. The molecule has 0 radical (unpaired) electrons. The van der Waals surface area contributed by atoms with Gasteiger partial charge < -0.3 is 24.3 Å². The van der Waals surface area contributed by atoms with Crippen LogP contribution in [0.5, 0.6) is 0 Å². The molecule has 1 N–H and O–H groups in total. The van der Waals surface area contributed by atoms with E-state index >= 15 is 0 Å². The highest BCUT2D eigenvalue weighted by Gasteiger charge is 1.93. The second-order valence-electron chi connectivity index (χ2n) is 4.99. The third-order valence-electron chi connectivity index (χ3n) is 2.99. The highest BCUT2D eigenvalue weighted by Crippen LogP contribution is 1.99. The molecule has 0 aromatic rings. The normalized spacial score (nSPS) is 11.1. The Kier molecular flexibility index (Phi) is 19.6. The van der Waals surface area contributed by atoms with Gasteiger partial charge in [-0.1, -0.05) is 19.8 Å². The number of rotatable bonds is 18. The summed E-state index contributed by atoms with van der Waals surface area (Å²) >= 11 is 0. The summed E-state index contributed by atoms with van der Waals surface area (Å²) in [6.45, 7) is 9.16. The molecule has 0 saturated heterocycles. The van der Waals surface area contributed by atoms with Crippen molar-refractivity contribution in [2.75, 3.05) is 66.4 Å². The first kappa shape index (κ1) is 20.8. The summed E-state index contributed by atoms with van der Waals surface area (Å²) in [7, 11) is 1.67. The zero-order chi connectivity index (χ0) is 15.4. The summed E-state index contributed by atoms with van der Waals surface area (Å²) in [6, 6.07) is 0. The highest BCUT2D eigenvalue weighted by atomic mass is 16.6. The average Bonchev–Trinajstić information content (AvgIpc) is 2.50. The van der Waals surface area contributed by atoms with Gasteiger partial charge in [-0.2, -0.15) is 0 Å². The van der Waals surface area contributed by atoms with Gasteiger partial charge in [-0.15, -0.1) is 0 Å². The largest absolute Gasteiger partial charge is 0.382 e. The SMILES string of the molecule is CCCNCCCCCCOCCOCCOCCOC. The molecule has 5 heteroatoms. The minimum Gasteiger partial charge on any atom is -0.382 e. The molecule has 0 fully saturated rings. The molecule has 0 aromatic heterocycles. The van der Waals surface area contributed by atoms with Crippen molar-refractivity contribution >= 4 is 0 Å². The molecule has 0 aliphatic heterocycles. The zero-order valence-electron chi connectivity index (χ0n) is 14.0. The molecule has 0 unspecified atom stereocenters.